The molecule has 21 heavy (non-hydrogen) atoms. The SMILES string of the molecule is N#CCCC1CN(c2ccc3c(n2)CC(=O)CO3)C(=O)O1. The van der Waals surface area contributed by atoms with E-state index < -0.39 is 6.09 Å². The van der Waals surface area contributed by atoms with Crippen molar-refractivity contribution in [3.63, 3.8) is 0 Å². The second-order valence-corrected chi connectivity index (χ2v) is 4.93. The molecule has 108 valence electrons. The van der Waals surface area contributed by atoms with Gasteiger partial charge in [0.2, 0.25) is 0 Å². The van der Waals surface area contributed by atoms with Gasteiger partial charge >= 0.3 is 6.09 Å². The van der Waals surface area contributed by atoms with Gasteiger partial charge in [0.05, 0.1) is 24.7 Å². The summed E-state index contributed by atoms with van der Waals surface area (Å²) in [6.07, 6.45) is 0.280. The third-order valence-electron chi connectivity index (χ3n) is 3.40. The van der Waals surface area contributed by atoms with E-state index in [0.717, 1.165) is 0 Å². The minimum absolute atomic E-state index is 0.0388. The molecule has 0 aromatic carbocycles. The highest BCUT2D eigenvalue weighted by molar-refractivity contribution is 5.89. The van der Waals surface area contributed by atoms with E-state index in [9.17, 15) is 9.59 Å². The summed E-state index contributed by atoms with van der Waals surface area (Å²) < 4.78 is 10.5. The maximum absolute atomic E-state index is 11.9. The molecule has 7 heteroatoms. The van der Waals surface area contributed by atoms with Crippen LogP contribution in [-0.4, -0.2) is 36.1 Å². The molecule has 1 fully saturated rings. The van der Waals surface area contributed by atoms with Crippen molar-refractivity contribution < 1.29 is 19.1 Å². The average Bonchev–Trinajstić information content (AvgIpc) is 2.85. The van der Waals surface area contributed by atoms with Crippen LogP contribution in [0, 0.1) is 11.3 Å². The Hall–Kier alpha value is -2.62. The summed E-state index contributed by atoms with van der Waals surface area (Å²) in [6.45, 7) is 0.428. The van der Waals surface area contributed by atoms with Crippen molar-refractivity contribution in [1.82, 2.24) is 4.98 Å². The van der Waals surface area contributed by atoms with Gasteiger partial charge in [-0.05, 0) is 18.6 Å². The van der Waals surface area contributed by atoms with Crippen molar-refractivity contribution in [2.75, 3.05) is 18.1 Å². The number of ketones is 1. The molecule has 0 aliphatic carbocycles. The molecular weight excluding hydrogens is 274 g/mol. The predicted molar refractivity (Wildman–Crippen MR) is 70.9 cm³/mol. The molecule has 1 aromatic rings. The first kappa shape index (κ1) is 13.4. The summed E-state index contributed by atoms with van der Waals surface area (Å²) in [7, 11) is 0. The molecule has 0 N–H and O–H groups in total. The van der Waals surface area contributed by atoms with Crippen LogP contribution in [0.1, 0.15) is 18.5 Å². The van der Waals surface area contributed by atoms with Crippen molar-refractivity contribution >= 4 is 17.7 Å². The van der Waals surface area contributed by atoms with Crippen LogP contribution in [0.25, 0.3) is 0 Å². The monoisotopic (exact) mass is 287 g/mol. The topological polar surface area (TPSA) is 92.5 Å². The fraction of sp³-hybridized carbons (Fsp3) is 0.429. The molecule has 1 amide bonds. The maximum atomic E-state index is 11.9. The van der Waals surface area contributed by atoms with Crippen molar-refractivity contribution in [3.8, 4) is 11.8 Å². The van der Waals surface area contributed by atoms with Crippen LogP contribution in [0.4, 0.5) is 10.6 Å². The number of fused-ring (bicyclic) bond motifs is 1. The lowest BCUT2D eigenvalue weighted by Crippen LogP contribution is -2.27. The summed E-state index contributed by atoms with van der Waals surface area (Å²) in [5, 5.41) is 8.57. The lowest BCUT2D eigenvalue weighted by molar-refractivity contribution is -0.121. The molecule has 3 rings (SSSR count). The third-order valence-corrected chi connectivity index (χ3v) is 3.40. The number of hydrogen-bond donors (Lipinski definition) is 0. The number of aromatic nitrogens is 1. The molecule has 3 heterocycles. The van der Waals surface area contributed by atoms with Crippen LogP contribution in [0.15, 0.2) is 12.1 Å². The van der Waals surface area contributed by atoms with Crippen LogP contribution in [0.5, 0.6) is 5.75 Å². The van der Waals surface area contributed by atoms with Gasteiger partial charge in [0, 0.05) is 6.42 Å². The Kier molecular flexibility index (Phi) is 3.44. The lowest BCUT2D eigenvalue weighted by atomic mass is 10.1. The molecule has 1 unspecified atom stereocenters. The number of amides is 1. The van der Waals surface area contributed by atoms with Crippen LogP contribution >= 0.6 is 0 Å². The molecule has 1 aromatic heterocycles. The first-order valence-electron chi connectivity index (χ1n) is 6.67. The average molecular weight is 287 g/mol. The number of nitriles is 1. The van der Waals surface area contributed by atoms with E-state index >= 15 is 0 Å². The molecule has 0 radical (unpaired) electrons. The van der Waals surface area contributed by atoms with Crippen molar-refractivity contribution in [1.29, 1.82) is 5.26 Å². The second-order valence-electron chi connectivity index (χ2n) is 4.93. The van der Waals surface area contributed by atoms with E-state index in [2.05, 4.69) is 4.98 Å². The predicted octanol–water partition coefficient (Wildman–Crippen LogP) is 1.21. The Morgan fingerprint density at radius 2 is 2.29 bits per heavy atom. The Morgan fingerprint density at radius 3 is 3.10 bits per heavy atom. The zero-order valence-electron chi connectivity index (χ0n) is 11.2. The number of ether oxygens (including phenoxy) is 2. The smallest absolute Gasteiger partial charge is 0.415 e. The largest absolute Gasteiger partial charge is 0.484 e. The highest BCUT2D eigenvalue weighted by Crippen LogP contribution is 2.27. The van der Waals surface area contributed by atoms with Gasteiger partial charge < -0.3 is 9.47 Å². The van der Waals surface area contributed by atoms with Gasteiger partial charge in [0.15, 0.2) is 5.78 Å². The highest BCUT2D eigenvalue weighted by Gasteiger charge is 2.33. The molecule has 0 spiro atoms. The van der Waals surface area contributed by atoms with E-state index in [1.54, 1.807) is 12.1 Å². The van der Waals surface area contributed by atoms with E-state index in [1.807, 2.05) is 6.07 Å². The molecule has 0 saturated carbocycles. The standard InChI is InChI=1S/C14H13N3O4/c15-5-1-2-10-7-17(14(19)21-10)13-4-3-12-11(16-13)6-9(18)8-20-12/h3-4,10H,1-2,6-8H2. The summed E-state index contributed by atoms with van der Waals surface area (Å²) in [6, 6.07) is 5.41. The Balaban J connectivity index is 1.78. The molecule has 1 saturated heterocycles. The number of carbonyl (C=O) groups excluding carboxylic acids is 2. The van der Waals surface area contributed by atoms with E-state index in [0.29, 0.717) is 36.6 Å². The lowest BCUT2D eigenvalue weighted by Gasteiger charge is -2.18. The Labute approximate surface area is 121 Å². The highest BCUT2D eigenvalue weighted by atomic mass is 16.6. The van der Waals surface area contributed by atoms with Gasteiger partial charge in [-0.15, -0.1) is 0 Å². The van der Waals surface area contributed by atoms with Gasteiger partial charge in [-0.3, -0.25) is 9.69 Å². The summed E-state index contributed by atoms with van der Waals surface area (Å²) in [4.78, 5) is 29.0. The number of pyridine rings is 1. The molecule has 1 atom stereocenters. The molecule has 2 aliphatic heterocycles. The van der Waals surface area contributed by atoms with Gasteiger partial charge in [-0.2, -0.15) is 5.26 Å². The van der Waals surface area contributed by atoms with E-state index in [4.69, 9.17) is 14.7 Å². The first-order valence-corrected chi connectivity index (χ1v) is 6.67. The Bertz CT molecular complexity index is 638. The van der Waals surface area contributed by atoms with Gasteiger partial charge in [0.25, 0.3) is 0 Å². The van der Waals surface area contributed by atoms with Crippen molar-refractivity contribution in [2.45, 2.75) is 25.4 Å². The Morgan fingerprint density at radius 1 is 1.43 bits per heavy atom. The fourth-order valence-corrected chi connectivity index (χ4v) is 2.37. The van der Waals surface area contributed by atoms with Gasteiger partial charge in [-0.25, -0.2) is 9.78 Å². The summed E-state index contributed by atoms with van der Waals surface area (Å²) in [5.74, 6) is 0.978. The van der Waals surface area contributed by atoms with Gasteiger partial charge in [0.1, 0.15) is 24.3 Å². The number of cyclic esters (lactones) is 1. The third kappa shape index (κ3) is 2.65. The first-order chi connectivity index (χ1) is 10.2. The minimum Gasteiger partial charge on any atom is -0.484 e. The second kappa shape index (κ2) is 5.40. The summed E-state index contributed by atoms with van der Waals surface area (Å²) in [5.41, 5.74) is 0.539. The van der Waals surface area contributed by atoms with Crippen LogP contribution in [0.2, 0.25) is 0 Å². The number of anilines is 1. The molecule has 2 aliphatic rings. The molecule has 0 bridgehead atoms. The number of carbonyl (C=O) groups is 2. The zero-order valence-corrected chi connectivity index (χ0v) is 11.2. The fourth-order valence-electron chi connectivity index (χ4n) is 2.37. The summed E-state index contributed by atoms with van der Waals surface area (Å²) >= 11 is 0. The van der Waals surface area contributed by atoms with E-state index in [-0.39, 0.29) is 24.9 Å². The van der Waals surface area contributed by atoms with Crippen molar-refractivity contribution in [2.24, 2.45) is 0 Å². The van der Waals surface area contributed by atoms with Crippen LogP contribution < -0.4 is 9.64 Å². The zero-order chi connectivity index (χ0) is 14.8. The van der Waals surface area contributed by atoms with Crippen molar-refractivity contribution in [3.05, 3.63) is 17.8 Å². The quantitative estimate of drug-likeness (QED) is 0.829. The minimum atomic E-state index is -0.478. The number of nitrogens with zero attached hydrogens (tertiary/aromatic N) is 3. The van der Waals surface area contributed by atoms with Crippen LogP contribution in [-0.2, 0) is 16.0 Å². The number of Topliss-reactive ketones (excluding diaryl/α,β-unsaturated/α-hetero) is 1. The number of hydrogen-bond acceptors (Lipinski definition) is 6. The number of rotatable bonds is 3. The molecular formula is C14H13N3O4. The van der Waals surface area contributed by atoms with E-state index in [1.165, 1.54) is 4.90 Å². The van der Waals surface area contributed by atoms with Gasteiger partial charge in [-0.1, -0.05) is 0 Å². The van der Waals surface area contributed by atoms with Crippen LogP contribution in [0.3, 0.4) is 0 Å². The normalized spacial score (nSPS) is 20.5. The molecule has 7 nitrogen and oxygen atoms in total. The maximum Gasteiger partial charge on any atom is 0.415 e.